The van der Waals surface area contributed by atoms with Crippen LogP contribution in [-0.2, 0) is 25.7 Å². The number of amides is 1. The van der Waals surface area contributed by atoms with E-state index in [-0.39, 0.29) is 18.1 Å². The van der Waals surface area contributed by atoms with Crippen molar-refractivity contribution in [1.29, 1.82) is 0 Å². The van der Waals surface area contributed by atoms with E-state index in [4.69, 9.17) is 29.0 Å². The molecule has 3 atom stereocenters. The van der Waals surface area contributed by atoms with E-state index in [1.165, 1.54) is 0 Å². The second-order valence-corrected chi connectivity index (χ2v) is 8.54. The molecule has 3 aliphatic heterocycles. The van der Waals surface area contributed by atoms with Gasteiger partial charge in [0.1, 0.15) is 11.9 Å². The third-order valence-corrected chi connectivity index (χ3v) is 5.91. The zero-order chi connectivity index (χ0) is 28.0. The summed E-state index contributed by atoms with van der Waals surface area (Å²) in [6.45, 7) is 5.38. The van der Waals surface area contributed by atoms with Gasteiger partial charge in [0.15, 0.2) is 0 Å². The van der Waals surface area contributed by atoms with Gasteiger partial charge < -0.3 is 29.2 Å². The van der Waals surface area contributed by atoms with Crippen molar-refractivity contribution in [1.82, 2.24) is 14.7 Å². The summed E-state index contributed by atoms with van der Waals surface area (Å²) in [5.41, 5.74) is 0. The number of fused-ring (bicyclic) bond motifs is 1. The van der Waals surface area contributed by atoms with Crippen LogP contribution < -0.4 is 0 Å². The van der Waals surface area contributed by atoms with Gasteiger partial charge in [-0.25, -0.2) is 9.59 Å². The van der Waals surface area contributed by atoms with Crippen LogP contribution in [0, 0.1) is 0 Å². The molecule has 0 aromatic carbocycles. The molecule has 1 aromatic heterocycles. The lowest BCUT2D eigenvalue weighted by atomic mass is 10.1. The summed E-state index contributed by atoms with van der Waals surface area (Å²) in [4.78, 5) is 37.1. The van der Waals surface area contributed by atoms with Crippen molar-refractivity contribution in [2.75, 3.05) is 39.8 Å². The lowest BCUT2D eigenvalue weighted by Gasteiger charge is -2.34. The van der Waals surface area contributed by atoms with Crippen LogP contribution in [0.1, 0.15) is 18.6 Å². The van der Waals surface area contributed by atoms with Crippen LogP contribution >= 0.6 is 0 Å². The molecule has 0 spiro atoms. The highest BCUT2D eigenvalue weighted by Gasteiger charge is 2.46. The van der Waals surface area contributed by atoms with Gasteiger partial charge in [-0.2, -0.15) is 26.3 Å². The summed E-state index contributed by atoms with van der Waals surface area (Å²) < 4.78 is 75.0. The summed E-state index contributed by atoms with van der Waals surface area (Å²) in [6.07, 6.45) is -6.68. The second kappa shape index (κ2) is 12.6. The number of carbonyl (C=O) groups is 3. The van der Waals surface area contributed by atoms with Gasteiger partial charge in [-0.15, -0.1) is 0 Å². The maximum absolute atomic E-state index is 12.7. The number of halogens is 6. The Morgan fingerprint density at radius 3 is 1.97 bits per heavy atom. The third kappa shape index (κ3) is 9.19. The molecule has 1 aromatic rings. The number of hydrogen-bond donors (Lipinski definition) is 2. The van der Waals surface area contributed by atoms with E-state index >= 15 is 0 Å². The second-order valence-electron chi connectivity index (χ2n) is 8.54. The predicted octanol–water partition coefficient (Wildman–Crippen LogP) is 2.05. The molecule has 1 amide bonds. The number of carbonyl (C=O) groups excluding carboxylic acids is 1. The van der Waals surface area contributed by atoms with Gasteiger partial charge in [-0.05, 0) is 25.6 Å². The van der Waals surface area contributed by atoms with Crippen LogP contribution in [0.3, 0.4) is 0 Å². The minimum Gasteiger partial charge on any atom is -0.475 e. The number of likely N-dealkylation sites (N-methyl/N-ethyl adjacent to an activating group) is 1. The first-order chi connectivity index (χ1) is 17.1. The Morgan fingerprint density at radius 2 is 1.51 bits per heavy atom. The van der Waals surface area contributed by atoms with Gasteiger partial charge in [-0.3, -0.25) is 9.69 Å². The molecule has 3 fully saturated rings. The van der Waals surface area contributed by atoms with E-state index in [1.807, 2.05) is 17.0 Å². The number of aliphatic carboxylic acids is 2. The van der Waals surface area contributed by atoms with Crippen molar-refractivity contribution in [2.24, 2.45) is 0 Å². The van der Waals surface area contributed by atoms with Gasteiger partial charge in [0.2, 0.25) is 0 Å². The zero-order valence-corrected chi connectivity index (χ0v) is 19.7. The number of alkyl halides is 6. The minimum absolute atomic E-state index is 0.186. The topological polar surface area (TPSA) is 124 Å². The van der Waals surface area contributed by atoms with Gasteiger partial charge in [0.25, 0.3) is 5.91 Å². The van der Waals surface area contributed by atoms with Crippen molar-refractivity contribution < 1.29 is 60.1 Å². The van der Waals surface area contributed by atoms with E-state index in [2.05, 4.69) is 16.8 Å². The quantitative estimate of drug-likeness (QED) is 0.548. The van der Waals surface area contributed by atoms with Crippen molar-refractivity contribution in [3.05, 3.63) is 24.2 Å². The van der Waals surface area contributed by atoms with Crippen molar-refractivity contribution >= 4 is 17.8 Å². The molecule has 3 saturated heterocycles. The monoisotopic (exact) mass is 547 g/mol. The molecule has 4 rings (SSSR count). The fraction of sp³-hybridized carbons (Fsp3) is 0.667. The number of likely N-dealkylation sites (tertiary alicyclic amines) is 1. The molecule has 2 N–H and O–H groups in total. The molecule has 0 aliphatic carbocycles. The fourth-order valence-electron chi connectivity index (χ4n) is 4.02. The van der Waals surface area contributed by atoms with Crippen LogP contribution in [0.5, 0.6) is 0 Å². The van der Waals surface area contributed by atoms with Crippen molar-refractivity contribution in [2.45, 2.75) is 50.0 Å². The van der Waals surface area contributed by atoms with E-state index in [9.17, 15) is 31.1 Å². The highest BCUT2D eigenvalue weighted by atomic mass is 19.4. The minimum atomic E-state index is -5.08. The predicted molar refractivity (Wildman–Crippen MR) is 112 cm³/mol. The number of hydrogen-bond acceptors (Lipinski definition) is 7. The third-order valence-electron chi connectivity index (χ3n) is 5.91. The maximum atomic E-state index is 12.7. The first-order valence-electron chi connectivity index (χ1n) is 11.1. The summed E-state index contributed by atoms with van der Waals surface area (Å²) in [5.74, 6) is -4.34. The normalized spacial score (nSPS) is 24.4. The molecule has 0 unspecified atom stereocenters. The highest BCUT2D eigenvalue weighted by molar-refractivity contribution is 5.81. The smallest absolute Gasteiger partial charge is 0.475 e. The Labute approximate surface area is 207 Å². The summed E-state index contributed by atoms with van der Waals surface area (Å²) in [6, 6.07) is 4.28. The zero-order valence-electron chi connectivity index (χ0n) is 19.7. The fourth-order valence-corrected chi connectivity index (χ4v) is 4.02. The van der Waals surface area contributed by atoms with Gasteiger partial charge in [0, 0.05) is 45.2 Å². The van der Waals surface area contributed by atoms with E-state index in [0.29, 0.717) is 6.04 Å². The Morgan fingerprint density at radius 1 is 0.973 bits per heavy atom. The van der Waals surface area contributed by atoms with E-state index in [1.54, 1.807) is 6.26 Å². The average Bonchev–Trinajstić information content (AvgIpc) is 3.53. The number of rotatable bonds is 3. The van der Waals surface area contributed by atoms with Crippen LogP contribution in [0.15, 0.2) is 22.8 Å². The summed E-state index contributed by atoms with van der Waals surface area (Å²) >= 11 is 0. The SMILES string of the molecule is CN1CCN(C(=O)[C@@H]2C[C@@H]3[C@@H](CCN3Cc3ccco3)O2)CC1.O=C(O)C(F)(F)F.O=C(O)C(F)(F)F. The molecule has 10 nitrogen and oxygen atoms in total. The Hall–Kier alpha value is -2.85. The highest BCUT2D eigenvalue weighted by Crippen LogP contribution is 2.34. The maximum Gasteiger partial charge on any atom is 0.490 e. The molecule has 37 heavy (non-hydrogen) atoms. The Bertz CT molecular complexity index is 877. The van der Waals surface area contributed by atoms with Crippen molar-refractivity contribution in [3.8, 4) is 0 Å². The number of carboxylic acids is 2. The largest absolute Gasteiger partial charge is 0.490 e. The number of ether oxygens (including phenoxy) is 1. The lowest BCUT2D eigenvalue weighted by Crippen LogP contribution is -2.50. The Kier molecular flexibility index (Phi) is 10.3. The number of nitrogens with zero attached hydrogens (tertiary/aromatic N) is 3. The van der Waals surface area contributed by atoms with Crippen LogP contribution in [0.2, 0.25) is 0 Å². The molecular weight excluding hydrogens is 520 g/mol. The average molecular weight is 547 g/mol. The van der Waals surface area contributed by atoms with E-state index in [0.717, 1.165) is 57.9 Å². The van der Waals surface area contributed by atoms with Gasteiger partial charge >= 0.3 is 24.3 Å². The van der Waals surface area contributed by atoms with Crippen molar-refractivity contribution in [3.63, 3.8) is 0 Å². The standard InChI is InChI=1S/C17H25N3O3.2C2HF3O2/c1-18-6-8-19(9-7-18)17(21)16-11-14-15(23-16)4-5-20(14)12-13-3-2-10-22-13;2*3-2(4,5)1(6)7/h2-3,10,14-16H,4-9,11-12H2,1H3;2*(H,6,7)/t14-,15-,16+;;/m1../s1. The molecule has 210 valence electrons. The lowest BCUT2D eigenvalue weighted by molar-refractivity contribution is -0.193. The van der Waals surface area contributed by atoms with Crippen LogP contribution in [-0.4, -0.2) is 113 Å². The summed E-state index contributed by atoms with van der Waals surface area (Å²) in [7, 11) is 2.10. The van der Waals surface area contributed by atoms with Crippen LogP contribution in [0.4, 0.5) is 26.3 Å². The van der Waals surface area contributed by atoms with Gasteiger partial charge in [-0.1, -0.05) is 0 Å². The first-order valence-corrected chi connectivity index (χ1v) is 11.1. The number of piperazine rings is 1. The van der Waals surface area contributed by atoms with Gasteiger partial charge in [0.05, 0.1) is 18.9 Å². The molecule has 3 aliphatic rings. The number of furan rings is 1. The molecule has 0 bridgehead atoms. The molecule has 4 heterocycles. The van der Waals surface area contributed by atoms with Crippen LogP contribution in [0.25, 0.3) is 0 Å². The first kappa shape index (κ1) is 30.4. The van der Waals surface area contributed by atoms with E-state index < -0.39 is 24.3 Å². The Balaban J connectivity index is 0.000000286. The summed E-state index contributed by atoms with van der Waals surface area (Å²) in [5, 5.41) is 14.2. The molecule has 16 heteroatoms. The molecular formula is C21H27F6N3O7. The molecule has 0 saturated carbocycles. The number of carboxylic acid groups (broad SMARTS) is 2. The molecule has 0 radical (unpaired) electrons.